The first-order chi connectivity index (χ1) is 13.1. The Morgan fingerprint density at radius 3 is 2.59 bits per heavy atom. The van der Waals surface area contributed by atoms with Crippen molar-refractivity contribution in [3.63, 3.8) is 0 Å². The Labute approximate surface area is 163 Å². The van der Waals surface area contributed by atoms with E-state index in [0.717, 1.165) is 23.3 Å². The van der Waals surface area contributed by atoms with E-state index in [2.05, 4.69) is 59.9 Å². The van der Waals surface area contributed by atoms with Gasteiger partial charge >= 0.3 is 0 Å². The van der Waals surface area contributed by atoms with Crippen LogP contribution in [0.5, 0.6) is 0 Å². The van der Waals surface area contributed by atoms with Crippen LogP contribution in [0, 0.1) is 6.92 Å². The summed E-state index contributed by atoms with van der Waals surface area (Å²) in [6.45, 7) is 3.95. The minimum atomic E-state index is -0.210. The van der Waals surface area contributed by atoms with E-state index in [1.807, 2.05) is 19.1 Å². The van der Waals surface area contributed by atoms with Gasteiger partial charge in [-0.05, 0) is 60.7 Å². The Morgan fingerprint density at radius 1 is 1.07 bits per heavy atom. The quantitative estimate of drug-likeness (QED) is 0.393. The van der Waals surface area contributed by atoms with E-state index in [0.29, 0.717) is 0 Å². The van der Waals surface area contributed by atoms with Crippen LogP contribution in [-0.4, -0.2) is 17.4 Å². The molecule has 0 bridgehead atoms. The highest BCUT2D eigenvalue weighted by atomic mass is 32.2. The van der Waals surface area contributed by atoms with E-state index < -0.39 is 0 Å². The smallest absolute Gasteiger partial charge is 0.253 e. The van der Waals surface area contributed by atoms with E-state index in [1.165, 1.54) is 39.2 Å². The average Bonchev–Trinajstić information content (AvgIpc) is 3.10. The SMILES string of the molecule is Cc1ccc(S[C@@H](C)C(=O)N/N=C\c2ccc3c4c(cccc24)CC3)cc1. The van der Waals surface area contributed by atoms with Crippen LogP contribution in [0.1, 0.15) is 29.2 Å². The van der Waals surface area contributed by atoms with Gasteiger partial charge in [0, 0.05) is 10.5 Å². The van der Waals surface area contributed by atoms with E-state index in [9.17, 15) is 4.79 Å². The third-order valence-electron chi connectivity index (χ3n) is 4.99. The second-order valence-corrected chi connectivity index (χ2v) is 8.38. The zero-order chi connectivity index (χ0) is 18.8. The number of nitrogens with one attached hydrogen (secondary N) is 1. The molecule has 1 aliphatic carbocycles. The van der Waals surface area contributed by atoms with Crippen LogP contribution in [0.15, 0.2) is 64.6 Å². The predicted molar refractivity (Wildman–Crippen MR) is 114 cm³/mol. The van der Waals surface area contributed by atoms with Gasteiger partial charge in [0.05, 0.1) is 11.5 Å². The standard InChI is InChI=1S/C23H22N2OS/c1-15-6-12-20(13-7-15)27-16(2)23(26)25-24-14-19-11-10-18-9-8-17-4-3-5-21(19)22(17)18/h3-7,10-14,16H,8-9H2,1-2H3,(H,25,26)/b24-14-/t16-/m0/s1. The normalized spacial score (nSPS) is 14.0. The van der Waals surface area contributed by atoms with Gasteiger partial charge in [-0.3, -0.25) is 4.79 Å². The van der Waals surface area contributed by atoms with Gasteiger partial charge in [0.1, 0.15) is 0 Å². The van der Waals surface area contributed by atoms with Gasteiger partial charge in [-0.2, -0.15) is 5.10 Å². The molecule has 1 atom stereocenters. The molecule has 0 saturated heterocycles. The summed E-state index contributed by atoms with van der Waals surface area (Å²) in [6.07, 6.45) is 3.97. The number of benzene rings is 3. The molecule has 3 aromatic carbocycles. The molecule has 27 heavy (non-hydrogen) atoms. The summed E-state index contributed by atoms with van der Waals surface area (Å²) >= 11 is 1.54. The molecule has 0 radical (unpaired) electrons. The van der Waals surface area contributed by atoms with E-state index in [4.69, 9.17) is 0 Å². The van der Waals surface area contributed by atoms with Crippen LogP contribution in [0.3, 0.4) is 0 Å². The third-order valence-corrected chi connectivity index (χ3v) is 6.10. The summed E-state index contributed by atoms with van der Waals surface area (Å²) in [5.41, 5.74) is 7.75. The number of carbonyl (C=O) groups is 1. The van der Waals surface area contributed by atoms with Crippen molar-refractivity contribution >= 4 is 34.7 Å². The fraction of sp³-hybridized carbons (Fsp3) is 0.217. The van der Waals surface area contributed by atoms with Gasteiger partial charge in [0.2, 0.25) is 0 Å². The molecule has 4 rings (SSSR count). The highest BCUT2D eigenvalue weighted by Crippen LogP contribution is 2.32. The van der Waals surface area contributed by atoms with Crippen molar-refractivity contribution in [1.82, 2.24) is 5.43 Å². The molecule has 0 aromatic heterocycles. The van der Waals surface area contributed by atoms with Crippen LogP contribution in [-0.2, 0) is 17.6 Å². The van der Waals surface area contributed by atoms with Crippen molar-refractivity contribution in [2.45, 2.75) is 36.8 Å². The summed E-state index contributed by atoms with van der Waals surface area (Å²) in [7, 11) is 0. The van der Waals surface area contributed by atoms with Gasteiger partial charge in [0.15, 0.2) is 0 Å². The average molecular weight is 375 g/mol. The first-order valence-corrected chi connectivity index (χ1v) is 10.1. The van der Waals surface area contributed by atoms with Crippen molar-refractivity contribution < 1.29 is 4.79 Å². The van der Waals surface area contributed by atoms with E-state index >= 15 is 0 Å². The number of amides is 1. The summed E-state index contributed by atoms with van der Waals surface area (Å²) in [5.74, 6) is -0.0947. The number of aryl methyl sites for hydroxylation is 3. The lowest BCUT2D eigenvalue weighted by Crippen LogP contribution is -2.26. The number of nitrogens with zero attached hydrogens (tertiary/aromatic N) is 1. The van der Waals surface area contributed by atoms with Crippen LogP contribution in [0.4, 0.5) is 0 Å². The molecular weight excluding hydrogens is 352 g/mol. The lowest BCUT2D eigenvalue weighted by Gasteiger charge is -2.10. The van der Waals surface area contributed by atoms with Crippen LogP contribution < -0.4 is 5.43 Å². The molecular formula is C23H22N2OS. The minimum absolute atomic E-state index is 0.0947. The maximum absolute atomic E-state index is 12.3. The van der Waals surface area contributed by atoms with Gasteiger partial charge in [-0.15, -0.1) is 11.8 Å². The molecule has 0 spiro atoms. The molecule has 0 saturated carbocycles. The molecule has 136 valence electrons. The van der Waals surface area contributed by atoms with Gasteiger partial charge in [-0.25, -0.2) is 5.43 Å². The van der Waals surface area contributed by atoms with Gasteiger partial charge in [-0.1, -0.05) is 48.0 Å². The molecule has 3 nitrogen and oxygen atoms in total. The van der Waals surface area contributed by atoms with Crippen molar-refractivity contribution in [3.05, 3.63) is 76.9 Å². The Balaban J connectivity index is 1.44. The van der Waals surface area contributed by atoms with Crippen molar-refractivity contribution in [1.29, 1.82) is 0 Å². The summed E-state index contributed by atoms with van der Waals surface area (Å²) < 4.78 is 0. The number of hydrazone groups is 1. The first kappa shape index (κ1) is 17.8. The number of thioether (sulfide) groups is 1. The number of rotatable bonds is 5. The molecule has 1 N–H and O–H groups in total. The number of carbonyl (C=O) groups excluding carboxylic acids is 1. The molecule has 1 amide bonds. The largest absolute Gasteiger partial charge is 0.272 e. The molecule has 3 aromatic rings. The zero-order valence-electron chi connectivity index (χ0n) is 15.5. The van der Waals surface area contributed by atoms with Crippen molar-refractivity contribution in [3.8, 4) is 0 Å². The number of hydrogen-bond acceptors (Lipinski definition) is 3. The summed E-state index contributed by atoms with van der Waals surface area (Å²) in [5, 5.41) is 6.57. The first-order valence-electron chi connectivity index (χ1n) is 9.21. The molecule has 0 aliphatic heterocycles. The number of hydrogen-bond donors (Lipinski definition) is 1. The second-order valence-electron chi connectivity index (χ2n) is 6.96. The Morgan fingerprint density at radius 2 is 1.81 bits per heavy atom. The Kier molecular flexibility index (Phi) is 4.99. The van der Waals surface area contributed by atoms with E-state index in [1.54, 1.807) is 6.21 Å². The molecule has 0 unspecified atom stereocenters. The minimum Gasteiger partial charge on any atom is -0.272 e. The predicted octanol–water partition coefficient (Wildman–Crippen LogP) is 4.88. The summed E-state index contributed by atoms with van der Waals surface area (Å²) in [4.78, 5) is 13.4. The maximum Gasteiger partial charge on any atom is 0.253 e. The van der Waals surface area contributed by atoms with Crippen LogP contribution >= 0.6 is 11.8 Å². The topological polar surface area (TPSA) is 41.5 Å². The fourth-order valence-electron chi connectivity index (χ4n) is 3.51. The second kappa shape index (κ2) is 7.57. The molecule has 4 heteroatoms. The Bertz CT molecular complexity index is 1010. The lowest BCUT2D eigenvalue weighted by molar-refractivity contribution is -0.120. The fourth-order valence-corrected chi connectivity index (χ4v) is 4.37. The zero-order valence-corrected chi connectivity index (χ0v) is 16.3. The van der Waals surface area contributed by atoms with Crippen molar-refractivity contribution in [2.75, 3.05) is 0 Å². The molecule has 0 heterocycles. The Hall–Kier alpha value is -2.59. The maximum atomic E-state index is 12.3. The highest BCUT2D eigenvalue weighted by Gasteiger charge is 2.16. The summed E-state index contributed by atoms with van der Waals surface area (Å²) in [6, 6.07) is 18.9. The van der Waals surface area contributed by atoms with E-state index in [-0.39, 0.29) is 11.2 Å². The third kappa shape index (κ3) is 3.76. The molecule has 0 fully saturated rings. The highest BCUT2D eigenvalue weighted by molar-refractivity contribution is 8.00. The van der Waals surface area contributed by atoms with Gasteiger partial charge in [0.25, 0.3) is 5.91 Å². The van der Waals surface area contributed by atoms with Crippen LogP contribution in [0.2, 0.25) is 0 Å². The molecule has 1 aliphatic rings. The monoisotopic (exact) mass is 374 g/mol. The van der Waals surface area contributed by atoms with Gasteiger partial charge < -0.3 is 0 Å². The van der Waals surface area contributed by atoms with Crippen molar-refractivity contribution in [2.24, 2.45) is 5.10 Å². The van der Waals surface area contributed by atoms with Crippen LogP contribution in [0.25, 0.3) is 10.8 Å². The lowest BCUT2D eigenvalue weighted by atomic mass is 10.0.